The first-order valence-corrected chi connectivity index (χ1v) is 5.78. The quantitative estimate of drug-likeness (QED) is 0.190. The average molecular weight is 275 g/mol. The van der Waals surface area contributed by atoms with Gasteiger partial charge in [0.05, 0.1) is 6.61 Å². The number of rotatable bonds is 2. The van der Waals surface area contributed by atoms with E-state index in [2.05, 4.69) is 4.74 Å². The molecule has 0 saturated carbocycles. The third kappa shape index (κ3) is 1.95. The van der Waals surface area contributed by atoms with Gasteiger partial charge < -0.3 is 30.3 Å². The van der Waals surface area contributed by atoms with Crippen LogP contribution in [0.4, 0.5) is 0 Å². The van der Waals surface area contributed by atoms with Crippen molar-refractivity contribution in [2.75, 3.05) is 6.61 Å². The van der Waals surface area contributed by atoms with E-state index in [0.29, 0.717) is 0 Å². The maximum atomic E-state index is 10.9. The molecule has 1 heterocycles. The lowest BCUT2D eigenvalue weighted by atomic mass is 9.94. The van der Waals surface area contributed by atoms with Gasteiger partial charge in [0.25, 0.3) is 0 Å². The summed E-state index contributed by atoms with van der Waals surface area (Å²) >= 11 is 0. The largest absolute Gasteiger partial charge is 0.394 e. The van der Waals surface area contributed by atoms with Gasteiger partial charge >= 0.3 is 15.2 Å². The van der Waals surface area contributed by atoms with Crippen LogP contribution < -0.4 is 5.73 Å². The molecule has 1 saturated heterocycles. The van der Waals surface area contributed by atoms with Gasteiger partial charge in [-0.25, -0.2) is 0 Å². The predicted molar refractivity (Wildman–Crippen MR) is 49.6 cm³/mol. The molecular weight excluding hydrogens is 262 g/mol. The number of aliphatic hydroxyl groups is 5. The van der Waals surface area contributed by atoms with E-state index in [0.717, 1.165) is 0 Å². The Morgan fingerprint density at radius 1 is 1.29 bits per heavy atom. The van der Waals surface area contributed by atoms with E-state index in [1.54, 1.807) is 0 Å². The minimum absolute atomic E-state index is 0.994. The molecule has 17 heavy (non-hydrogen) atoms. The molecular formula is C6H13NO9S. The van der Waals surface area contributed by atoms with E-state index in [1.165, 1.54) is 0 Å². The Labute approximate surface area is 95.6 Å². The second-order valence-corrected chi connectivity index (χ2v) is 5.16. The molecule has 1 aliphatic heterocycles. The van der Waals surface area contributed by atoms with Crippen molar-refractivity contribution >= 4 is 10.1 Å². The highest BCUT2D eigenvalue weighted by Crippen LogP contribution is 2.36. The summed E-state index contributed by atoms with van der Waals surface area (Å²) in [6, 6.07) is 0. The molecule has 0 radical (unpaired) electrons. The molecule has 0 aliphatic carbocycles. The highest BCUT2D eigenvalue weighted by Gasteiger charge is 2.68. The van der Waals surface area contributed by atoms with Crippen LogP contribution in [0.15, 0.2) is 0 Å². The fourth-order valence-electron chi connectivity index (χ4n) is 1.43. The highest BCUT2D eigenvalue weighted by atomic mass is 32.2. The Kier molecular flexibility index (Phi) is 3.53. The van der Waals surface area contributed by atoms with Gasteiger partial charge in [-0.05, 0) is 0 Å². The number of aliphatic hydroxyl groups excluding tert-OH is 3. The summed E-state index contributed by atoms with van der Waals surface area (Å²) in [6.07, 6.45) is -6.10. The van der Waals surface area contributed by atoms with E-state index in [-0.39, 0.29) is 0 Å². The van der Waals surface area contributed by atoms with E-state index < -0.39 is 45.9 Å². The number of hydrogen-bond donors (Lipinski definition) is 7. The monoisotopic (exact) mass is 275 g/mol. The Morgan fingerprint density at radius 2 is 1.76 bits per heavy atom. The maximum Gasteiger partial charge on any atom is 0.344 e. The summed E-state index contributed by atoms with van der Waals surface area (Å²) in [7, 11) is -5.46. The zero-order valence-corrected chi connectivity index (χ0v) is 9.15. The Morgan fingerprint density at radius 3 is 2.12 bits per heavy atom. The summed E-state index contributed by atoms with van der Waals surface area (Å²) < 4.78 is 34.8. The van der Waals surface area contributed by atoms with Crippen molar-refractivity contribution < 1.29 is 43.2 Å². The molecule has 1 aliphatic rings. The van der Waals surface area contributed by atoms with Crippen LogP contribution >= 0.6 is 0 Å². The molecule has 0 aromatic carbocycles. The topological polar surface area (TPSA) is 191 Å². The third-order valence-electron chi connectivity index (χ3n) is 2.50. The first-order valence-electron chi connectivity index (χ1n) is 4.34. The van der Waals surface area contributed by atoms with Gasteiger partial charge in [0.1, 0.15) is 18.3 Å². The molecule has 0 spiro atoms. The van der Waals surface area contributed by atoms with Crippen LogP contribution in [-0.2, 0) is 14.9 Å². The van der Waals surface area contributed by atoms with Gasteiger partial charge in [0.15, 0.2) is 0 Å². The normalized spacial score (nSPS) is 48.1. The van der Waals surface area contributed by atoms with Crippen molar-refractivity contribution in [1.82, 2.24) is 0 Å². The average Bonchev–Trinajstić information content (AvgIpc) is 2.19. The second kappa shape index (κ2) is 4.08. The second-order valence-electron chi connectivity index (χ2n) is 3.66. The van der Waals surface area contributed by atoms with Crippen molar-refractivity contribution in [3.8, 4) is 0 Å². The predicted octanol–water partition coefficient (Wildman–Crippen LogP) is -4.72. The van der Waals surface area contributed by atoms with Gasteiger partial charge in [-0.2, -0.15) is 8.42 Å². The molecule has 0 amide bonds. The van der Waals surface area contributed by atoms with E-state index in [9.17, 15) is 28.8 Å². The van der Waals surface area contributed by atoms with Crippen molar-refractivity contribution in [3.05, 3.63) is 0 Å². The Bertz CT molecular complexity index is 394. The van der Waals surface area contributed by atoms with Crippen molar-refractivity contribution in [2.45, 2.75) is 29.2 Å². The standard InChI is InChI=1S/C6H13NO9S/c7-5(11)4(10)3(9)2(1-8)16-6(5,12)17(13,14)15/h2-4,8-12H,1,7H2,(H,13,14,15). The van der Waals surface area contributed by atoms with Crippen LogP contribution in [0.2, 0.25) is 0 Å². The van der Waals surface area contributed by atoms with Crippen molar-refractivity contribution in [3.63, 3.8) is 0 Å². The molecule has 1 rings (SSSR count). The highest BCUT2D eigenvalue weighted by molar-refractivity contribution is 7.87. The van der Waals surface area contributed by atoms with Crippen LogP contribution in [0.3, 0.4) is 0 Å². The molecule has 0 aromatic heterocycles. The summed E-state index contributed by atoms with van der Waals surface area (Å²) in [5.41, 5.74) is 1.56. The summed E-state index contributed by atoms with van der Waals surface area (Å²) in [6.45, 7) is -0.994. The van der Waals surface area contributed by atoms with Gasteiger partial charge in [-0.15, -0.1) is 0 Å². The fourth-order valence-corrected chi connectivity index (χ4v) is 2.21. The lowest BCUT2D eigenvalue weighted by molar-refractivity contribution is -0.351. The van der Waals surface area contributed by atoms with Crippen LogP contribution in [0.25, 0.3) is 0 Å². The van der Waals surface area contributed by atoms with Crippen LogP contribution in [0.1, 0.15) is 0 Å². The maximum absolute atomic E-state index is 10.9. The molecule has 0 aromatic rings. The first kappa shape index (κ1) is 14.7. The molecule has 11 heteroatoms. The number of hydrogen-bond acceptors (Lipinski definition) is 9. The Hall–Kier alpha value is -0.370. The minimum Gasteiger partial charge on any atom is -0.394 e. The van der Waals surface area contributed by atoms with Gasteiger partial charge in [0, 0.05) is 0 Å². The molecule has 10 nitrogen and oxygen atoms in total. The molecule has 5 unspecified atom stereocenters. The van der Waals surface area contributed by atoms with Crippen LogP contribution in [0, 0.1) is 0 Å². The zero-order chi connectivity index (χ0) is 13.6. The smallest absolute Gasteiger partial charge is 0.344 e. The lowest BCUT2D eigenvalue weighted by Gasteiger charge is -2.48. The zero-order valence-electron chi connectivity index (χ0n) is 8.33. The molecule has 102 valence electrons. The SMILES string of the molecule is NC1(O)C(O)C(O)C(CO)OC1(O)S(=O)(=O)O. The number of nitrogens with two attached hydrogens (primary N) is 1. The van der Waals surface area contributed by atoms with Gasteiger partial charge in [-0.3, -0.25) is 10.3 Å². The summed E-state index contributed by atoms with van der Waals surface area (Å²) in [5.74, 6) is 0. The van der Waals surface area contributed by atoms with E-state index in [1.807, 2.05) is 0 Å². The van der Waals surface area contributed by atoms with Crippen molar-refractivity contribution in [2.24, 2.45) is 5.73 Å². The van der Waals surface area contributed by atoms with Crippen LogP contribution in [-0.4, -0.2) is 74.3 Å². The Balaban J connectivity index is 3.31. The fraction of sp³-hybridized carbons (Fsp3) is 1.00. The summed E-state index contributed by atoms with van der Waals surface area (Å²) in [5, 5.41) is 42.6. The summed E-state index contributed by atoms with van der Waals surface area (Å²) in [4.78, 5) is 0. The van der Waals surface area contributed by atoms with Gasteiger partial charge in [0.2, 0.25) is 5.72 Å². The third-order valence-corrected chi connectivity index (χ3v) is 3.62. The lowest BCUT2D eigenvalue weighted by Crippen LogP contribution is -2.79. The first-order chi connectivity index (χ1) is 7.49. The molecule has 8 N–H and O–H groups in total. The van der Waals surface area contributed by atoms with Gasteiger partial charge in [-0.1, -0.05) is 0 Å². The van der Waals surface area contributed by atoms with Crippen LogP contribution in [0.5, 0.6) is 0 Å². The number of ether oxygens (including phenoxy) is 1. The molecule has 0 bridgehead atoms. The van der Waals surface area contributed by atoms with Crippen molar-refractivity contribution in [1.29, 1.82) is 0 Å². The molecule has 1 fully saturated rings. The van der Waals surface area contributed by atoms with E-state index in [4.69, 9.17) is 15.4 Å². The van der Waals surface area contributed by atoms with E-state index >= 15 is 0 Å². The molecule has 5 atom stereocenters. The minimum atomic E-state index is -5.46.